The normalized spacial score (nSPS) is 20.6. The summed E-state index contributed by atoms with van der Waals surface area (Å²) in [5.41, 5.74) is 2.03. The zero-order chi connectivity index (χ0) is 20.1. The maximum absolute atomic E-state index is 12.3. The summed E-state index contributed by atoms with van der Waals surface area (Å²) in [5, 5.41) is 10.8. The third kappa shape index (κ3) is 3.30. The van der Waals surface area contributed by atoms with Crippen molar-refractivity contribution in [2.45, 2.75) is 57.7 Å². The lowest BCUT2D eigenvalue weighted by molar-refractivity contribution is 0.0410. The van der Waals surface area contributed by atoms with Gasteiger partial charge in [0.05, 0.1) is 5.52 Å². The van der Waals surface area contributed by atoms with E-state index in [1.165, 1.54) is 5.56 Å². The monoisotopic (exact) mass is 383 g/mol. The van der Waals surface area contributed by atoms with Gasteiger partial charge in [0.1, 0.15) is 0 Å². The van der Waals surface area contributed by atoms with E-state index in [-0.39, 0.29) is 17.1 Å². The summed E-state index contributed by atoms with van der Waals surface area (Å²) in [5.74, 6) is 0.313. The van der Waals surface area contributed by atoms with Crippen molar-refractivity contribution in [3.05, 3.63) is 46.2 Å². The predicted molar refractivity (Wildman–Crippen MR) is 110 cm³/mol. The van der Waals surface area contributed by atoms with Crippen LogP contribution in [0.5, 0.6) is 0 Å². The summed E-state index contributed by atoms with van der Waals surface area (Å²) in [7, 11) is 0. The molecule has 1 atom stereocenters. The average Bonchev–Trinajstić information content (AvgIpc) is 2.99. The SMILES string of the molecule is CC(C)(C)N(C(=O)O)C1CCN(CC2Cn3c(=O)ccc4cccc2c43)CC1. The van der Waals surface area contributed by atoms with E-state index >= 15 is 0 Å². The van der Waals surface area contributed by atoms with Gasteiger partial charge in [-0.15, -0.1) is 0 Å². The molecule has 1 aromatic heterocycles. The van der Waals surface area contributed by atoms with Crippen LogP contribution in [0, 0.1) is 0 Å². The fourth-order valence-corrected chi connectivity index (χ4v) is 5.04. The maximum atomic E-state index is 12.3. The van der Waals surface area contributed by atoms with Crippen LogP contribution in [-0.2, 0) is 6.54 Å². The number of rotatable bonds is 3. The number of carboxylic acid groups (broad SMARTS) is 1. The van der Waals surface area contributed by atoms with Crippen LogP contribution in [0.25, 0.3) is 10.9 Å². The first-order valence-corrected chi connectivity index (χ1v) is 10.1. The van der Waals surface area contributed by atoms with Crippen molar-refractivity contribution in [3.63, 3.8) is 0 Å². The lowest BCUT2D eigenvalue weighted by Crippen LogP contribution is -2.54. The summed E-state index contributed by atoms with van der Waals surface area (Å²) < 4.78 is 1.91. The Bertz CT molecular complexity index is 952. The number of hydrogen-bond acceptors (Lipinski definition) is 3. The van der Waals surface area contributed by atoms with E-state index < -0.39 is 6.09 Å². The van der Waals surface area contributed by atoms with Gasteiger partial charge in [-0.2, -0.15) is 0 Å². The van der Waals surface area contributed by atoms with E-state index in [1.807, 2.05) is 31.4 Å². The second-order valence-corrected chi connectivity index (χ2v) is 9.12. The summed E-state index contributed by atoms with van der Waals surface area (Å²) in [6, 6.07) is 9.93. The largest absolute Gasteiger partial charge is 0.465 e. The van der Waals surface area contributed by atoms with E-state index in [0.29, 0.717) is 5.92 Å². The minimum atomic E-state index is -0.830. The molecule has 28 heavy (non-hydrogen) atoms. The van der Waals surface area contributed by atoms with E-state index in [4.69, 9.17) is 0 Å². The number of para-hydroxylation sites is 1. The third-order valence-corrected chi connectivity index (χ3v) is 6.21. The van der Waals surface area contributed by atoms with E-state index in [2.05, 4.69) is 23.1 Å². The zero-order valence-electron chi connectivity index (χ0n) is 16.9. The van der Waals surface area contributed by atoms with Gasteiger partial charge in [-0.3, -0.25) is 4.79 Å². The number of nitrogens with zero attached hydrogens (tertiary/aromatic N) is 3. The van der Waals surface area contributed by atoms with Gasteiger partial charge in [-0.25, -0.2) is 4.79 Å². The van der Waals surface area contributed by atoms with Gasteiger partial charge >= 0.3 is 6.09 Å². The highest BCUT2D eigenvalue weighted by molar-refractivity contribution is 5.84. The molecule has 1 aromatic carbocycles. The molecule has 0 aliphatic carbocycles. The van der Waals surface area contributed by atoms with Gasteiger partial charge in [0.2, 0.25) is 0 Å². The van der Waals surface area contributed by atoms with Gasteiger partial charge in [0.25, 0.3) is 5.56 Å². The van der Waals surface area contributed by atoms with Gasteiger partial charge < -0.3 is 19.5 Å². The highest BCUT2D eigenvalue weighted by atomic mass is 16.4. The van der Waals surface area contributed by atoms with Gasteiger partial charge in [-0.05, 0) is 50.6 Å². The van der Waals surface area contributed by atoms with E-state index in [0.717, 1.165) is 49.9 Å². The van der Waals surface area contributed by atoms with Gasteiger partial charge in [0.15, 0.2) is 0 Å². The number of likely N-dealkylation sites (tertiary alicyclic amines) is 1. The van der Waals surface area contributed by atoms with Gasteiger partial charge in [-0.1, -0.05) is 18.2 Å². The van der Waals surface area contributed by atoms with Crippen molar-refractivity contribution in [1.82, 2.24) is 14.4 Å². The first kappa shape index (κ1) is 19.0. The molecule has 1 amide bonds. The standard InChI is InChI=1S/C22H29N3O3/c1-22(2,3)25(21(27)28)17-9-11-23(12-10-17)13-16-14-24-19(26)8-7-15-5-4-6-18(16)20(15)24/h4-8,16-17H,9-14H2,1-3H3,(H,27,28). The zero-order valence-corrected chi connectivity index (χ0v) is 16.9. The molecule has 4 rings (SSSR count). The Balaban J connectivity index is 1.46. The number of carbonyl (C=O) groups is 1. The second kappa shape index (κ2) is 6.92. The Hall–Kier alpha value is -2.34. The van der Waals surface area contributed by atoms with Crippen molar-refractivity contribution < 1.29 is 9.90 Å². The Kier molecular flexibility index (Phi) is 4.70. The van der Waals surface area contributed by atoms with Crippen LogP contribution in [0.1, 0.15) is 45.1 Å². The maximum Gasteiger partial charge on any atom is 0.407 e. The third-order valence-electron chi connectivity index (χ3n) is 6.21. The smallest absolute Gasteiger partial charge is 0.407 e. The van der Waals surface area contributed by atoms with Crippen LogP contribution in [-0.4, -0.2) is 56.8 Å². The van der Waals surface area contributed by atoms with Crippen molar-refractivity contribution in [3.8, 4) is 0 Å². The molecule has 0 saturated carbocycles. The molecule has 1 saturated heterocycles. The summed E-state index contributed by atoms with van der Waals surface area (Å²) in [6.07, 6.45) is 0.879. The lowest BCUT2D eigenvalue weighted by atomic mass is 9.95. The van der Waals surface area contributed by atoms with Crippen LogP contribution >= 0.6 is 0 Å². The molecule has 2 aliphatic heterocycles. The molecule has 3 heterocycles. The predicted octanol–water partition coefficient (Wildman–Crippen LogP) is 3.34. The molecule has 2 aromatic rings. The number of aromatic nitrogens is 1. The van der Waals surface area contributed by atoms with Crippen molar-refractivity contribution in [2.75, 3.05) is 19.6 Å². The fraction of sp³-hybridized carbons (Fsp3) is 0.545. The van der Waals surface area contributed by atoms with Crippen molar-refractivity contribution in [2.24, 2.45) is 0 Å². The van der Waals surface area contributed by atoms with Crippen molar-refractivity contribution in [1.29, 1.82) is 0 Å². The molecule has 2 aliphatic rings. The second-order valence-electron chi connectivity index (χ2n) is 9.12. The highest BCUT2D eigenvalue weighted by Crippen LogP contribution is 2.34. The van der Waals surface area contributed by atoms with Crippen molar-refractivity contribution >= 4 is 17.0 Å². The lowest BCUT2D eigenvalue weighted by Gasteiger charge is -2.43. The van der Waals surface area contributed by atoms with Crippen LogP contribution in [0.15, 0.2) is 35.1 Å². The minimum Gasteiger partial charge on any atom is -0.465 e. The molecule has 0 bridgehead atoms. The number of benzene rings is 1. The molecule has 6 nitrogen and oxygen atoms in total. The van der Waals surface area contributed by atoms with Gasteiger partial charge in [0, 0.05) is 49.7 Å². The van der Waals surface area contributed by atoms with E-state index in [1.54, 1.807) is 11.0 Å². The molecule has 150 valence electrons. The van der Waals surface area contributed by atoms with Crippen LogP contribution < -0.4 is 5.56 Å². The number of hydrogen-bond donors (Lipinski definition) is 1. The first-order valence-electron chi connectivity index (χ1n) is 10.1. The van der Waals surface area contributed by atoms with E-state index in [9.17, 15) is 14.7 Å². The topological polar surface area (TPSA) is 65.8 Å². The Labute approximate surface area is 165 Å². The summed E-state index contributed by atoms with van der Waals surface area (Å²) >= 11 is 0. The molecular weight excluding hydrogens is 354 g/mol. The fourth-order valence-electron chi connectivity index (χ4n) is 5.04. The first-order chi connectivity index (χ1) is 13.3. The quantitative estimate of drug-likeness (QED) is 0.883. The number of pyridine rings is 1. The number of amides is 1. The minimum absolute atomic E-state index is 0.0700. The summed E-state index contributed by atoms with van der Waals surface area (Å²) in [4.78, 5) is 28.1. The molecule has 0 radical (unpaired) electrons. The number of piperidine rings is 1. The Morgan fingerprint density at radius 2 is 1.89 bits per heavy atom. The highest BCUT2D eigenvalue weighted by Gasteiger charge is 2.36. The Morgan fingerprint density at radius 3 is 2.54 bits per heavy atom. The van der Waals surface area contributed by atoms with Crippen LogP contribution in [0.2, 0.25) is 0 Å². The van der Waals surface area contributed by atoms with Crippen LogP contribution in [0.4, 0.5) is 4.79 Å². The molecule has 1 fully saturated rings. The molecular formula is C22H29N3O3. The molecule has 1 unspecified atom stereocenters. The molecule has 0 spiro atoms. The average molecular weight is 383 g/mol. The Morgan fingerprint density at radius 1 is 1.18 bits per heavy atom. The van der Waals surface area contributed by atoms with Crippen LogP contribution in [0.3, 0.4) is 0 Å². The summed E-state index contributed by atoms with van der Waals surface area (Å²) in [6.45, 7) is 9.31. The molecule has 1 N–H and O–H groups in total. The molecule has 6 heteroatoms.